The smallest absolute Gasteiger partial charge is 0.286 e. The Kier molecular flexibility index (Phi) is 3.88. The van der Waals surface area contributed by atoms with Crippen molar-refractivity contribution in [2.24, 2.45) is 0 Å². The molecule has 0 saturated carbocycles. The predicted molar refractivity (Wildman–Crippen MR) is 71.5 cm³/mol. The van der Waals surface area contributed by atoms with E-state index in [-0.39, 0.29) is 6.54 Å². The summed E-state index contributed by atoms with van der Waals surface area (Å²) in [5.41, 5.74) is -0.210. The summed E-state index contributed by atoms with van der Waals surface area (Å²) >= 11 is 6.98. The van der Waals surface area contributed by atoms with E-state index in [1.165, 1.54) is 11.8 Å². The number of aromatic nitrogens is 3. The van der Waals surface area contributed by atoms with Gasteiger partial charge in [-0.05, 0) is 24.0 Å². The van der Waals surface area contributed by atoms with E-state index in [1.807, 2.05) is 0 Å². The zero-order valence-electron chi connectivity index (χ0n) is 9.51. The summed E-state index contributed by atoms with van der Waals surface area (Å²) in [7, 11) is 0. The molecule has 0 aliphatic heterocycles. The molecule has 0 bridgehead atoms. The van der Waals surface area contributed by atoms with E-state index in [0.717, 1.165) is 10.1 Å². The minimum atomic E-state index is -0.557. The largest absolute Gasteiger partial charge is 0.354 e. The maximum Gasteiger partial charge on any atom is 0.354 e. The van der Waals surface area contributed by atoms with Crippen LogP contribution in [-0.4, -0.2) is 20.8 Å². The molecule has 0 aliphatic carbocycles. The Morgan fingerprint density at radius 2 is 2.00 bits per heavy atom. The first-order valence-corrected chi connectivity index (χ1v) is 6.70. The van der Waals surface area contributed by atoms with Crippen LogP contribution in [0, 0.1) is 0 Å². The van der Waals surface area contributed by atoms with Crippen LogP contribution < -0.4 is 11.4 Å². The lowest BCUT2D eigenvalue weighted by molar-refractivity contribution is 0.633. The van der Waals surface area contributed by atoms with E-state index in [9.17, 15) is 9.59 Å². The highest BCUT2D eigenvalue weighted by atomic mass is 35.5. The number of nitrogens with zero attached hydrogens (tertiary/aromatic N) is 2. The number of H-pyrrole nitrogens is 1. The summed E-state index contributed by atoms with van der Waals surface area (Å²) in [4.78, 5) is 29.7. The lowest BCUT2D eigenvalue weighted by atomic mass is 10.2. The Bertz CT molecular complexity index is 632. The quantitative estimate of drug-likeness (QED) is 0.864. The second kappa shape index (κ2) is 5.41. The molecule has 0 aliphatic rings. The summed E-state index contributed by atoms with van der Waals surface area (Å²) < 4.78 is 1.04. The predicted octanol–water partition coefficient (Wildman–Crippen LogP) is 1.36. The summed E-state index contributed by atoms with van der Waals surface area (Å²) in [5, 5.41) is 0.924. The van der Waals surface area contributed by atoms with Crippen molar-refractivity contribution in [2.75, 3.05) is 6.26 Å². The number of hydrogen-bond acceptors (Lipinski definition) is 4. The summed E-state index contributed by atoms with van der Waals surface area (Å²) in [6, 6.07) is 6.94. The van der Waals surface area contributed by atoms with Crippen LogP contribution in [0.3, 0.4) is 0 Å². The fraction of sp³-hybridized carbons (Fsp3) is 0.182. The number of rotatable bonds is 3. The second-order valence-electron chi connectivity index (χ2n) is 3.55. The van der Waals surface area contributed by atoms with E-state index < -0.39 is 11.4 Å². The van der Waals surface area contributed by atoms with Crippen LogP contribution in [0.2, 0.25) is 5.02 Å². The number of halogens is 1. The van der Waals surface area contributed by atoms with E-state index in [4.69, 9.17) is 11.6 Å². The van der Waals surface area contributed by atoms with Crippen molar-refractivity contribution >= 4 is 23.4 Å². The molecular formula is C11H10ClN3O2S. The molecule has 0 atom stereocenters. The topological polar surface area (TPSA) is 67.8 Å². The number of nitrogens with one attached hydrogen (secondary N) is 1. The highest BCUT2D eigenvalue weighted by Gasteiger charge is 2.06. The van der Waals surface area contributed by atoms with Crippen LogP contribution in [-0.2, 0) is 6.54 Å². The van der Waals surface area contributed by atoms with Crippen LogP contribution >= 0.6 is 23.4 Å². The molecule has 0 unspecified atom stereocenters. The SMILES string of the molecule is CSc1nc(=O)n(Cc2ccc(Cl)cc2)c(=O)[nH]1. The standard InChI is InChI=1S/C11H10ClN3O2S/c1-18-9-13-10(16)15(11(17)14-9)6-7-2-4-8(12)5-3-7/h2-5H,6H2,1H3,(H,13,14,16,17). The van der Waals surface area contributed by atoms with Gasteiger partial charge >= 0.3 is 11.4 Å². The summed E-state index contributed by atoms with van der Waals surface area (Å²) in [6.07, 6.45) is 1.74. The fourth-order valence-electron chi connectivity index (χ4n) is 1.43. The van der Waals surface area contributed by atoms with Crippen molar-refractivity contribution in [1.82, 2.24) is 14.5 Å². The molecular weight excluding hydrogens is 274 g/mol. The lowest BCUT2D eigenvalue weighted by Gasteiger charge is -2.04. The third kappa shape index (κ3) is 2.83. The van der Waals surface area contributed by atoms with Crippen molar-refractivity contribution < 1.29 is 0 Å². The number of aromatic amines is 1. The first-order chi connectivity index (χ1) is 8.60. The Hall–Kier alpha value is -1.53. The summed E-state index contributed by atoms with van der Waals surface area (Å²) in [5.74, 6) is 0. The van der Waals surface area contributed by atoms with Gasteiger partial charge in [-0.25, -0.2) is 14.2 Å². The Labute approximate surface area is 112 Å². The average molecular weight is 284 g/mol. The molecule has 5 nitrogen and oxygen atoms in total. The number of hydrogen-bond donors (Lipinski definition) is 1. The van der Waals surface area contributed by atoms with Gasteiger partial charge in [0.2, 0.25) is 0 Å². The van der Waals surface area contributed by atoms with E-state index >= 15 is 0 Å². The maximum absolute atomic E-state index is 11.7. The lowest BCUT2D eigenvalue weighted by Crippen LogP contribution is -2.37. The fourth-order valence-corrected chi connectivity index (χ4v) is 1.91. The molecule has 0 radical (unpaired) electrons. The highest BCUT2D eigenvalue weighted by molar-refractivity contribution is 7.98. The van der Waals surface area contributed by atoms with Crippen molar-refractivity contribution in [3.05, 3.63) is 55.8 Å². The van der Waals surface area contributed by atoms with Gasteiger partial charge in [0.15, 0.2) is 5.16 Å². The van der Waals surface area contributed by atoms with Crippen molar-refractivity contribution in [1.29, 1.82) is 0 Å². The molecule has 2 rings (SSSR count). The Balaban J connectivity index is 2.38. The first kappa shape index (κ1) is 12.9. The summed E-state index contributed by atoms with van der Waals surface area (Å²) in [6.45, 7) is 0.174. The normalized spacial score (nSPS) is 10.6. The molecule has 1 N–H and O–H groups in total. The van der Waals surface area contributed by atoms with Crippen molar-refractivity contribution in [3.63, 3.8) is 0 Å². The van der Waals surface area contributed by atoms with E-state index in [0.29, 0.717) is 10.2 Å². The molecule has 18 heavy (non-hydrogen) atoms. The molecule has 0 fully saturated rings. The van der Waals surface area contributed by atoms with Gasteiger partial charge in [0.25, 0.3) is 0 Å². The van der Waals surface area contributed by atoms with Crippen LogP contribution in [0.4, 0.5) is 0 Å². The van der Waals surface area contributed by atoms with Gasteiger partial charge < -0.3 is 0 Å². The Morgan fingerprint density at radius 3 is 2.56 bits per heavy atom. The van der Waals surface area contributed by atoms with Gasteiger partial charge in [-0.15, -0.1) is 0 Å². The highest BCUT2D eigenvalue weighted by Crippen LogP contribution is 2.09. The molecule has 2 aromatic rings. The molecule has 7 heteroatoms. The van der Waals surface area contributed by atoms with Crippen LogP contribution in [0.25, 0.3) is 0 Å². The molecule has 0 saturated heterocycles. The second-order valence-corrected chi connectivity index (χ2v) is 4.78. The van der Waals surface area contributed by atoms with Gasteiger partial charge in [0.05, 0.1) is 6.54 Å². The number of thioether (sulfide) groups is 1. The minimum absolute atomic E-state index is 0.174. The van der Waals surface area contributed by atoms with Crippen LogP contribution in [0.15, 0.2) is 39.0 Å². The zero-order chi connectivity index (χ0) is 13.1. The molecule has 0 spiro atoms. The van der Waals surface area contributed by atoms with Gasteiger partial charge in [0, 0.05) is 5.02 Å². The monoisotopic (exact) mass is 283 g/mol. The van der Waals surface area contributed by atoms with Gasteiger partial charge in [-0.3, -0.25) is 4.98 Å². The zero-order valence-corrected chi connectivity index (χ0v) is 11.1. The average Bonchev–Trinajstić information content (AvgIpc) is 2.35. The van der Waals surface area contributed by atoms with E-state index in [2.05, 4.69) is 9.97 Å². The molecule has 1 aromatic heterocycles. The van der Waals surface area contributed by atoms with Gasteiger partial charge in [-0.2, -0.15) is 4.98 Å². The van der Waals surface area contributed by atoms with Gasteiger partial charge in [-0.1, -0.05) is 35.5 Å². The molecule has 1 aromatic carbocycles. The third-order valence-corrected chi connectivity index (χ3v) is 3.17. The Morgan fingerprint density at radius 1 is 1.33 bits per heavy atom. The first-order valence-electron chi connectivity index (χ1n) is 5.10. The maximum atomic E-state index is 11.7. The minimum Gasteiger partial charge on any atom is -0.286 e. The van der Waals surface area contributed by atoms with Crippen LogP contribution in [0.1, 0.15) is 5.56 Å². The van der Waals surface area contributed by atoms with Crippen LogP contribution in [0.5, 0.6) is 0 Å². The third-order valence-electron chi connectivity index (χ3n) is 2.33. The van der Waals surface area contributed by atoms with E-state index in [1.54, 1.807) is 30.5 Å². The molecule has 1 heterocycles. The molecule has 94 valence electrons. The van der Waals surface area contributed by atoms with Gasteiger partial charge in [0.1, 0.15) is 0 Å². The van der Waals surface area contributed by atoms with Crippen molar-refractivity contribution in [3.8, 4) is 0 Å². The number of benzene rings is 1. The molecule has 0 amide bonds. The van der Waals surface area contributed by atoms with Crippen molar-refractivity contribution in [2.45, 2.75) is 11.7 Å².